The van der Waals surface area contributed by atoms with E-state index in [2.05, 4.69) is 0 Å². The summed E-state index contributed by atoms with van der Waals surface area (Å²) in [6.07, 6.45) is 0.250. The summed E-state index contributed by atoms with van der Waals surface area (Å²) in [5, 5.41) is 0. The molecule has 2 amide bonds. The Kier molecular flexibility index (Phi) is 5.34. The van der Waals surface area contributed by atoms with Crippen molar-refractivity contribution in [1.29, 1.82) is 0 Å². The van der Waals surface area contributed by atoms with E-state index in [0.29, 0.717) is 19.6 Å². The van der Waals surface area contributed by atoms with Crippen molar-refractivity contribution in [3.63, 3.8) is 0 Å². The van der Waals surface area contributed by atoms with Crippen LogP contribution < -0.4 is 0 Å². The quantitative estimate of drug-likeness (QED) is 0.774. The third-order valence-electron chi connectivity index (χ3n) is 5.06. The number of piperazine rings is 1. The number of rotatable bonds is 4. The van der Waals surface area contributed by atoms with Crippen molar-refractivity contribution < 1.29 is 18.0 Å². The molecule has 2 saturated heterocycles. The summed E-state index contributed by atoms with van der Waals surface area (Å²) in [6.45, 7) is 5.61. The molecule has 7 nitrogen and oxygen atoms in total. The SMILES string of the molecule is CC(C)N1CC(C(=O)N2CCN(S(=O)(=O)c3ccccc3)CC2)CC1=O. The van der Waals surface area contributed by atoms with Crippen molar-refractivity contribution in [3.8, 4) is 0 Å². The van der Waals surface area contributed by atoms with E-state index in [1.165, 1.54) is 4.31 Å². The van der Waals surface area contributed by atoms with Crippen molar-refractivity contribution in [3.05, 3.63) is 30.3 Å². The molecule has 2 aliphatic rings. The highest BCUT2D eigenvalue weighted by Crippen LogP contribution is 2.24. The summed E-state index contributed by atoms with van der Waals surface area (Å²) in [7, 11) is -3.53. The molecule has 0 saturated carbocycles. The molecule has 0 aliphatic carbocycles. The third-order valence-corrected chi connectivity index (χ3v) is 6.98. The van der Waals surface area contributed by atoms with Crippen LogP contribution in [0.1, 0.15) is 20.3 Å². The van der Waals surface area contributed by atoms with Gasteiger partial charge < -0.3 is 9.80 Å². The largest absolute Gasteiger partial charge is 0.340 e. The van der Waals surface area contributed by atoms with Gasteiger partial charge in [0.15, 0.2) is 0 Å². The second-order valence-corrected chi connectivity index (χ2v) is 9.02. The first-order valence-electron chi connectivity index (χ1n) is 8.94. The van der Waals surface area contributed by atoms with Crippen molar-refractivity contribution >= 4 is 21.8 Å². The van der Waals surface area contributed by atoms with Crippen molar-refractivity contribution in [2.45, 2.75) is 31.2 Å². The summed E-state index contributed by atoms with van der Waals surface area (Å²) in [5.41, 5.74) is 0. The predicted molar refractivity (Wildman–Crippen MR) is 96.7 cm³/mol. The lowest BCUT2D eigenvalue weighted by atomic mass is 10.1. The molecule has 8 heteroatoms. The average Bonchev–Trinajstić information content (AvgIpc) is 3.04. The maximum atomic E-state index is 12.7. The zero-order valence-corrected chi connectivity index (χ0v) is 16.0. The molecule has 0 radical (unpaired) electrons. The Morgan fingerprint density at radius 3 is 2.23 bits per heavy atom. The number of hydrogen-bond acceptors (Lipinski definition) is 4. The highest BCUT2D eigenvalue weighted by Gasteiger charge is 2.39. The van der Waals surface area contributed by atoms with E-state index in [9.17, 15) is 18.0 Å². The summed E-state index contributed by atoms with van der Waals surface area (Å²) < 4.78 is 26.7. The van der Waals surface area contributed by atoms with Crippen LogP contribution in [0.3, 0.4) is 0 Å². The van der Waals surface area contributed by atoms with E-state index in [1.54, 1.807) is 40.1 Å². The second-order valence-electron chi connectivity index (χ2n) is 7.08. The number of sulfonamides is 1. The molecule has 0 aromatic heterocycles. The van der Waals surface area contributed by atoms with Crippen LogP contribution in [-0.2, 0) is 19.6 Å². The lowest BCUT2D eigenvalue weighted by Crippen LogP contribution is -2.52. The maximum absolute atomic E-state index is 12.7. The molecule has 26 heavy (non-hydrogen) atoms. The lowest BCUT2D eigenvalue weighted by molar-refractivity contribution is -0.137. The van der Waals surface area contributed by atoms with Crippen LogP contribution in [0.2, 0.25) is 0 Å². The summed E-state index contributed by atoms with van der Waals surface area (Å²) >= 11 is 0. The Morgan fingerprint density at radius 2 is 1.69 bits per heavy atom. The predicted octanol–water partition coefficient (Wildman–Crippen LogP) is 0.776. The molecule has 1 aromatic carbocycles. The van der Waals surface area contributed by atoms with Crippen molar-refractivity contribution in [2.24, 2.45) is 5.92 Å². The summed E-state index contributed by atoms with van der Waals surface area (Å²) in [6, 6.07) is 8.43. The zero-order valence-electron chi connectivity index (χ0n) is 15.2. The Labute approximate surface area is 154 Å². The Hall–Kier alpha value is -1.93. The molecular weight excluding hydrogens is 354 g/mol. The van der Waals surface area contributed by atoms with Gasteiger partial charge in [0, 0.05) is 45.2 Å². The minimum atomic E-state index is -3.53. The minimum absolute atomic E-state index is 0.0173. The van der Waals surface area contributed by atoms with Crippen LogP contribution in [0, 0.1) is 5.92 Å². The first-order chi connectivity index (χ1) is 12.3. The number of carbonyl (C=O) groups is 2. The number of nitrogens with zero attached hydrogens (tertiary/aromatic N) is 3. The number of hydrogen-bond donors (Lipinski definition) is 0. The highest BCUT2D eigenvalue weighted by atomic mass is 32.2. The molecule has 2 heterocycles. The molecule has 1 atom stereocenters. The molecule has 3 rings (SSSR count). The first kappa shape index (κ1) is 18.8. The van der Waals surface area contributed by atoms with E-state index in [4.69, 9.17) is 0 Å². The average molecular weight is 379 g/mol. The molecule has 0 bridgehead atoms. The monoisotopic (exact) mass is 379 g/mol. The zero-order chi connectivity index (χ0) is 18.9. The van der Waals surface area contributed by atoms with Gasteiger partial charge in [-0.25, -0.2) is 8.42 Å². The highest BCUT2D eigenvalue weighted by molar-refractivity contribution is 7.89. The Balaban J connectivity index is 1.60. The van der Waals surface area contributed by atoms with Crippen molar-refractivity contribution in [2.75, 3.05) is 32.7 Å². The standard InChI is InChI=1S/C18H25N3O4S/c1-14(2)21-13-15(12-17(21)22)18(23)19-8-10-20(11-9-19)26(24,25)16-6-4-3-5-7-16/h3-7,14-15H,8-13H2,1-2H3. The maximum Gasteiger partial charge on any atom is 0.243 e. The lowest BCUT2D eigenvalue weighted by Gasteiger charge is -2.35. The molecule has 1 aromatic rings. The topological polar surface area (TPSA) is 78.0 Å². The molecule has 2 fully saturated rings. The van der Waals surface area contributed by atoms with Gasteiger partial charge in [-0.2, -0.15) is 4.31 Å². The van der Waals surface area contributed by atoms with Gasteiger partial charge in [0.25, 0.3) is 0 Å². The molecule has 2 aliphatic heterocycles. The molecule has 0 spiro atoms. The van der Waals surface area contributed by atoms with Gasteiger partial charge >= 0.3 is 0 Å². The van der Waals surface area contributed by atoms with Gasteiger partial charge in [0.1, 0.15) is 0 Å². The molecule has 1 unspecified atom stereocenters. The fourth-order valence-electron chi connectivity index (χ4n) is 3.54. The van der Waals surface area contributed by atoms with Gasteiger partial charge in [-0.05, 0) is 26.0 Å². The van der Waals surface area contributed by atoms with Crippen LogP contribution >= 0.6 is 0 Å². The number of carbonyl (C=O) groups excluding carboxylic acids is 2. The normalized spacial score (nSPS) is 22.3. The van der Waals surface area contributed by atoms with E-state index in [1.807, 2.05) is 13.8 Å². The summed E-state index contributed by atoms with van der Waals surface area (Å²) in [5.74, 6) is -0.343. The van der Waals surface area contributed by atoms with E-state index in [0.717, 1.165) is 0 Å². The van der Waals surface area contributed by atoms with E-state index in [-0.39, 0.29) is 48.2 Å². The smallest absolute Gasteiger partial charge is 0.243 e. The molecule has 0 N–H and O–H groups in total. The number of amides is 2. The van der Waals surface area contributed by atoms with Crippen LogP contribution in [0.25, 0.3) is 0 Å². The Bertz CT molecular complexity index is 771. The number of likely N-dealkylation sites (tertiary alicyclic amines) is 1. The van der Waals surface area contributed by atoms with E-state index >= 15 is 0 Å². The van der Waals surface area contributed by atoms with Crippen LogP contribution in [0.15, 0.2) is 35.2 Å². The molecule has 142 valence electrons. The molecular formula is C18H25N3O4S. The van der Waals surface area contributed by atoms with Gasteiger partial charge in [0.05, 0.1) is 10.8 Å². The Morgan fingerprint density at radius 1 is 1.08 bits per heavy atom. The number of benzene rings is 1. The van der Waals surface area contributed by atoms with Gasteiger partial charge in [-0.1, -0.05) is 18.2 Å². The van der Waals surface area contributed by atoms with Crippen LogP contribution in [-0.4, -0.2) is 73.1 Å². The first-order valence-corrected chi connectivity index (χ1v) is 10.4. The van der Waals surface area contributed by atoms with Crippen molar-refractivity contribution in [1.82, 2.24) is 14.1 Å². The van der Waals surface area contributed by atoms with Crippen LogP contribution in [0.4, 0.5) is 0 Å². The van der Waals surface area contributed by atoms with Crippen LogP contribution in [0.5, 0.6) is 0 Å². The third kappa shape index (κ3) is 3.61. The fraction of sp³-hybridized carbons (Fsp3) is 0.556. The fourth-order valence-corrected chi connectivity index (χ4v) is 4.99. The van der Waals surface area contributed by atoms with Gasteiger partial charge in [-0.15, -0.1) is 0 Å². The second kappa shape index (κ2) is 7.36. The minimum Gasteiger partial charge on any atom is -0.340 e. The van der Waals surface area contributed by atoms with E-state index < -0.39 is 10.0 Å². The van der Waals surface area contributed by atoms with Gasteiger partial charge in [0.2, 0.25) is 21.8 Å². The summed E-state index contributed by atoms with van der Waals surface area (Å²) in [4.78, 5) is 28.4. The van der Waals surface area contributed by atoms with Gasteiger partial charge in [-0.3, -0.25) is 9.59 Å².